The number of hydrogen-bond acceptors (Lipinski definition) is 5. The molecule has 1 aliphatic heterocycles. The minimum Gasteiger partial charge on any atom is -0.493 e. The summed E-state index contributed by atoms with van der Waals surface area (Å²) in [6, 6.07) is 3.88. The Labute approximate surface area is 156 Å². The molecule has 0 unspecified atom stereocenters. The molecule has 0 saturated carbocycles. The fourth-order valence-electron chi connectivity index (χ4n) is 3.37. The van der Waals surface area contributed by atoms with E-state index in [9.17, 15) is 0 Å². The van der Waals surface area contributed by atoms with Crippen LogP contribution in [0.15, 0.2) is 12.1 Å². The van der Waals surface area contributed by atoms with Gasteiger partial charge in [0.1, 0.15) is 0 Å². The third kappa shape index (κ3) is 5.23. The van der Waals surface area contributed by atoms with Crippen molar-refractivity contribution in [3.63, 3.8) is 0 Å². The molecule has 1 saturated heterocycles. The molecule has 0 amide bonds. The van der Waals surface area contributed by atoms with Crippen LogP contribution in [-0.2, 0) is 11.3 Å². The third-order valence-electron chi connectivity index (χ3n) is 4.66. The van der Waals surface area contributed by atoms with Crippen LogP contribution in [0.25, 0.3) is 0 Å². The lowest BCUT2D eigenvalue weighted by Gasteiger charge is -2.45. The zero-order chi connectivity index (χ0) is 18.6. The van der Waals surface area contributed by atoms with Crippen molar-refractivity contribution < 1.29 is 14.2 Å². The Bertz CT molecular complexity index is 570. The second kappa shape index (κ2) is 8.58. The fraction of sp³-hybridized carbons (Fsp3) is 0.684. The lowest BCUT2D eigenvalue weighted by molar-refractivity contribution is -0.0952. The van der Waals surface area contributed by atoms with Gasteiger partial charge in [0.15, 0.2) is 11.5 Å². The Morgan fingerprint density at radius 2 is 1.84 bits per heavy atom. The molecule has 2 atom stereocenters. The van der Waals surface area contributed by atoms with Gasteiger partial charge in [0, 0.05) is 31.7 Å². The fourth-order valence-corrected chi connectivity index (χ4v) is 3.68. The Morgan fingerprint density at radius 1 is 1.20 bits per heavy atom. The molecule has 142 valence electrons. The Balaban J connectivity index is 1.96. The molecule has 0 aromatic heterocycles. The van der Waals surface area contributed by atoms with Gasteiger partial charge < -0.3 is 19.5 Å². The summed E-state index contributed by atoms with van der Waals surface area (Å²) >= 11 is 6.28. The van der Waals surface area contributed by atoms with E-state index in [-0.39, 0.29) is 17.7 Å². The molecule has 1 aromatic rings. The third-order valence-corrected chi connectivity index (χ3v) is 4.94. The lowest BCUT2D eigenvalue weighted by atomic mass is 10.00. The van der Waals surface area contributed by atoms with E-state index in [1.165, 1.54) is 0 Å². The molecule has 0 spiro atoms. The number of nitrogens with one attached hydrogen (secondary N) is 1. The molecule has 5 nitrogen and oxygen atoms in total. The van der Waals surface area contributed by atoms with E-state index in [4.69, 9.17) is 25.8 Å². The maximum absolute atomic E-state index is 6.28. The molecule has 0 radical (unpaired) electrons. The molecular formula is C19H31ClN2O3. The summed E-state index contributed by atoms with van der Waals surface area (Å²) in [6.07, 6.45) is 0.542. The van der Waals surface area contributed by atoms with Crippen molar-refractivity contribution in [1.29, 1.82) is 0 Å². The van der Waals surface area contributed by atoms with Crippen molar-refractivity contribution in [2.75, 3.05) is 33.9 Å². The van der Waals surface area contributed by atoms with Gasteiger partial charge in [0.25, 0.3) is 0 Å². The van der Waals surface area contributed by atoms with Gasteiger partial charge in [-0.1, -0.05) is 11.6 Å². The van der Waals surface area contributed by atoms with Crippen LogP contribution < -0.4 is 14.8 Å². The number of nitrogens with zero attached hydrogens (tertiary/aromatic N) is 1. The van der Waals surface area contributed by atoms with Crippen molar-refractivity contribution in [3.05, 3.63) is 22.7 Å². The topological polar surface area (TPSA) is 43.0 Å². The number of hydrogen-bond donors (Lipinski definition) is 1. The first-order valence-electron chi connectivity index (χ1n) is 8.78. The van der Waals surface area contributed by atoms with Crippen LogP contribution in [0, 0.1) is 0 Å². The van der Waals surface area contributed by atoms with Crippen LogP contribution in [0.3, 0.4) is 0 Å². The predicted molar refractivity (Wildman–Crippen MR) is 102 cm³/mol. The maximum Gasteiger partial charge on any atom is 0.179 e. The first kappa shape index (κ1) is 20.3. The van der Waals surface area contributed by atoms with Gasteiger partial charge >= 0.3 is 0 Å². The summed E-state index contributed by atoms with van der Waals surface area (Å²) in [6.45, 7) is 12.3. The van der Waals surface area contributed by atoms with Crippen LogP contribution >= 0.6 is 11.6 Å². The van der Waals surface area contributed by atoms with Crippen molar-refractivity contribution in [3.8, 4) is 11.5 Å². The number of benzene rings is 1. The highest BCUT2D eigenvalue weighted by atomic mass is 35.5. The molecule has 1 heterocycles. The highest BCUT2D eigenvalue weighted by Crippen LogP contribution is 2.36. The molecule has 1 N–H and O–H groups in total. The molecular weight excluding hydrogens is 340 g/mol. The summed E-state index contributed by atoms with van der Waals surface area (Å²) < 4.78 is 16.5. The van der Waals surface area contributed by atoms with Crippen LogP contribution in [0.5, 0.6) is 11.5 Å². The molecule has 6 heteroatoms. The van der Waals surface area contributed by atoms with E-state index in [0.29, 0.717) is 16.5 Å². The first-order valence-corrected chi connectivity index (χ1v) is 9.16. The lowest BCUT2D eigenvalue weighted by Crippen LogP contribution is -2.58. The van der Waals surface area contributed by atoms with E-state index >= 15 is 0 Å². The van der Waals surface area contributed by atoms with E-state index < -0.39 is 0 Å². The van der Waals surface area contributed by atoms with Crippen LogP contribution in [0.1, 0.15) is 33.3 Å². The largest absolute Gasteiger partial charge is 0.493 e. The quantitative estimate of drug-likeness (QED) is 0.797. The Morgan fingerprint density at radius 3 is 2.40 bits per heavy atom. The van der Waals surface area contributed by atoms with Gasteiger partial charge in [0.05, 0.1) is 31.5 Å². The monoisotopic (exact) mass is 370 g/mol. The zero-order valence-corrected chi connectivity index (χ0v) is 16.9. The number of rotatable bonds is 7. The highest BCUT2D eigenvalue weighted by molar-refractivity contribution is 6.32. The smallest absolute Gasteiger partial charge is 0.179 e. The zero-order valence-electron chi connectivity index (χ0n) is 16.2. The minimum absolute atomic E-state index is 0.0483. The summed E-state index contributed by atoms with van der Waals surface area (Å²) in [4.78, 5) is 2.50. The van der Waals surface area contributed by atoms with Crippen molar-refractivity contribution >= 4 is 11.6 Å². The van der Waals surface area contributed by atoms with Gasteiger partial charge in [-0.15, -0.1) is 0 Å². The summed E-state index contributed by atoms with van der Waals surface area (Å²) in [5, 5.41) is 4.11. The SMILES string of the molecule is COc1cc(CNCC(C)(C)N2C[C@H](C)O[C@@H](C)C2)cc(Cl)c1OC. The van der Waals surface area contributed by atoms with Crippen LogP contribution in [0.2, 0.25) is 5.02 Å². The van der Waals surface area contributed by atoms with Gasteiger partial charge in [-0.05, 0) is 45.4 Å². The number of ether oxygens (including phenoxy) is 3. The average molecular weight is 371 g/mol. The second-order valence-corrected chi connectivity index (χ2v) is 7.80. The second-order valence-electron chi connectivity index (χ2n) is 7.39. The first-order chi connectivity index (χ1) is 11.8. The minimum atomic E-state index is 0.0483. The summed E-state index contributed by atoms with van der Waals surface area (Å²) in [7, 11) is 3.21. The van der Waals surface area contributed by atoms with Crippen LogP contribution in [0.4, 0.5) is 0 Å². The molecule has 25 heavy (non-hydrogen) atoms. The van der Waals surface area contributed by atoms with E-state index in [1.54, 1.807) is 14.2 Å². The Hall–Kier alpha value is -1.01. The van der Waals surface area contributed by atoms with Gasteiger partial charge in [-0.3, -0.25) is 4.90 Å². The number of halogens is 1. The van der Waals surface area contributed by atoms with E-state index in [2.05, 4.69) is 37.9 Å². The summed E-state index contributed by atoms with van der Waals surface area (Å²) in [5.41, 5.74) is 1.12. The van der Waals surface area contributed by atoms with Gasteiger partial charge in [0.2, 0.25) is 0 Å². The van der Waals surface area contributed by atoms with Crippen molar-refractivity contribution in [2.45, 2.75) is 52.0 Å². The number of methoxy groups -OCH3 is 2. The molecule has 2 rings (SSSR count). The summed E-state index contributed by atoms with van der Waals surface area (Å²) in [5.74, 6) is 1.23. The van der Waals surface area contributed by atoms with Gasteiger partial charge in [-0.2, -0.15) is 0 Å². The average Bonchev–Trinajstić information content (AvgIpc) is 2.53. The molecule has 1 aromatic carbocycles. The predicted octanol–water partition coefficient (Wildman–Crippen LogP) is 3.33. The normalized spacial score (nSPS) is 22.0. The molecule has 0 bridgehead atoms. The molecule has 0 aliphatic carbocycles. The van der Waals surface area contributed by atoms with Crippen molar-refractivity contribution in [1.82, 2.24) is 10.2 Å². The highest BCUT2D eigenvalue weighted by Gasteiger charge is 2.32. The van der Waals surface area contributed by atoms with Gasteiger partial charge in [-0.25, -0.2) is 0 Å². The van der Waals surface area contributed by atoms with Crippen molar-refractivity contribution in [2.24, 2.45) is 0 Å². The van der Waals surface area contributed by atoms with E-state index in [0.717, 1.165) is 31.7 Å². The molecule has 1 aliphatic rings. The maximum atomic E-state index is 6.28. The standard InChI is InChI=1S/C19H31ClN2O3/c1-13-10-22(11-14(2)25-13)19(3,4)12-21-9-15-7-16(20)18(24-6)17(8-15)23-5/h7-8,13-14,21H,9-12H2,1-6H3/t13-,14-/m0/s1. The molecule has 1 fully saturated rings. The van der Waals surface area contributed by atoms with E-state index in [1.807, 2.05) is 12.1 Å². The Kier molecular flexibility index (Phi) is 6.97. The van der Waals surface area contributed by atoms with Crippen LogP contribution in [-0.4, -0.2) is 56.5 Å². The number of morpholine rings is 1.